The number of thiophene rings is 1. The van der Waals surface area contributed by atoms with E-state index in [1.807, 2.05) is 17.5 Å². The summed E-state index contributed by atoms with van der Waals surface area (Å²) in [5.41, 5.74) is 0.732. The second kappa shape index (κ2) is 7.62. The third-order valence-corrected chi connectivity index (χ3v) is 4.41. The van der Waals surface area contributed by atoms with Crippen LogP contribution in [0.3, 0.4) is 0 Å². The van der Waals surface area contributed by atoms with E-state index < -0.39 is 0 Å². The van der Waals surface area contributed by atoms with Crippen molar-refractivity contribution in [2.24, 2.45) is 5.41 Å². The number of rotatable bonds is 6. The average molecular weight is 333 g/mol. The van der Waals surface area contributed by atoms with Crippen LogP contribution in [-0.4, -0.2) is 17.6 Å². The van der Waals surface area contributed by atoms with Gasteiger partial charge in [0.15, 0.2) is 6.61 Å². The van der Waals surface area contributed by atoms with E-state index in [2.05, 4.69) is 26.1 Å². The second-order valence-corrected chi connectivity index (χ2v) is 7.45. The fourth-order valence-electron chi connectivity index (χ4n) is 2.21. The van der Waals surface area contributed by atoms with E-state index in [0.29, 0.717) is 5.75 Å². The summed E-state index contributed by atoms with van der Waals surface area (Å²) in [7, 11) is 0. The van der Waals surface area contributed by atoms with Crippen molar-refractivity contribution in [1.29, 1.82) is 0 Å². The molecular weight excluding hydrogens is 310 g/mol. The summed E-state index contributed by atoms with van der Waals surface area (Å²) in [6, 6.07) is 11.0. The highest BCUT2D eigenvalue weighted by molar-refractivity contribution is 7.10. The average Bonchev–Trinajstić information content (AvgIpc) is 3.04. The first kappa shape index (κ1) is 17.5. The van der Waals surface area contributed by atoms with E-state index >= 15 is 0 Å². The van der Waals surface area contributed by atoms with Crippen LogP contribution in [0.5, 0.6) is 5.75 Å². The standard InChI is InChI=1S/C18H23NO3S/c1-18(2,3)17(15-5-4-10-23-15)19-16(21)12-22-14-8-6-13(11-20)7-9-14/h4-10,17,20H,11-12H2,1-3H3,(H,19,21). The van der Waals surface area contributed by atoms with Crippen LogP contribution in [0.4, 0.5) is 0 Å². The first-order valence-corrected chi connectivity index (χ1v) is 8.43. The minimum atomic E-state index is -0.149. The molecule has 2 N–H and O–H groups in total. The van der Waals surface area contributed by atoms with Gasteiger partial charge in [-0.05, 0) is 34.6 Å². The molecule has 0 fully saturated rings. The molecule has 1 atom stereocenters. The van der Waals surface area contributed by atoms with Gasteiger partial charge in [-0.2, -0.15) is 0 Å². The van der Waals surface area contributed by atoms with Gasteiger partial charge in [-0.1, -0.05) is 39.0 Å². The second-order valence-electron chi connectivity index (χ2n) is 6.47. The predicted octanol–water partition coefficient (Wildman–Crippen LogP) is 3.52. The zero-order valence-electron chi connectivity index (χ0n) is 13.7. The Balaban J connectivity index is 1.94. The third-order valence-electron chi connectivity index (χ3n) is 3.47. The van der Waals surface area contributed by atoms with Gasteiger partial charge in [0.1, 0.15) is 5.75 Å². The van der Waals surface area contributed by atoms with Gasteiger partial charge in [0.2, 0.25) is 0 Å². The largest absolute Gasteiger partial charge is 0.484 e. The van der Waals surface area contributed by atoms with E-state index in [0.717, 1.165) is 10.4 Å². The Kier molecular flexibility index (Phi) is 5.80. The zero-order chi connectivity index (χ0) is 16.9. The first-order valence-electron chi connectivity index (χ1n) is 7.55. The molecule has 1 heterocycles. The highest BCUT2D eigenvalue weighted by Gasteiger charge is 2.28. The summed E-state index contributed by atoms with van der Waals surface area (Å²) in [6.45, 7) is 6.27. The van der Waals surface area contributed by atoms with Crippen LogP contribution in [0.15, 0.2) is 41.8 Å². The predicted molar refractivity (Wildman–Crippen MR) is 92.5 cm³/mol. The lowest BCUT2D eigenvalue weighted by Gasteiger charge is -2.30. The van der Waals surface area contributed by atoms with Crippen molar-refractivity contribution in [2.45, 2.75) is 33.4 Å². The Morgan fingerprint density at radius 1 is 1.26 bits per heavy atom. The van der Waals surface area contributed by atoms with Crippen molar-refractivity contribution in [3.63, 3.8) is 0 Å². The van der Waals surface area contributed by atoms with E-state index in [1.54, 1.807) is 35.6 Å². The van der Waals surface area contributed by atoms with Crippen molar-refractivity contribution >= 4 is 17.2 Å². The van der Waals surface area contributed by atoms with E-state index in [4.69, 9.17) is 9.84 Å². The van der Waals surface area contributed by atoms with Crippen molar-refractivity contribution in [1.82, 2.24) is 5.32 Å². The molecule has 5 heteroatoms. The quantitative estimate of drug-likeness (QED) is 0.850. The fraction of sp³-hybridized carbons (Fsp3) is 0.389. The summed E-state index contributed by atoms with van der Waals surface area (Å²) >= 11 is 1.64. The smallest absolute Gasteiger partial charge is 0.258 e. The monoisotopic (exact) mass is 333 g/mol. The van der Waals surface area contributed by atoms with Crippen molar-refractivity contribution < 1.29 is 14.6 Å². The fourth-order valence-corrected chi connectivity index (χ4v) is 3.23. The minimum Gasteiger partial charge on any atom is -0.484 e. The lowest BCUT2D eigenvalue weighted by Crippen LogP contribution is -2.38. The maximum absolute atomic E-state index is 12.2. The van der Waals surface area contributed by atoms with Crippen LogP contribution in [-0.2, 0) is 11.4 Å². The van der Waals surface area contributed by atoms with Gasteiger partial charge in [0.05, 0.1) is 12.6 Å². The minimum absolute atomic E-state index is 0.00512. The van der Waals surface area contributed by atoms with Crippen LogP contribution < -0.4 is 10.1 Å². The molecular formula is C18H23NO3S. The number of aliphatic hydroxyl groups is 1. The summed E-state index contributed by atoms with van der Waals surface area (Å²) in [5, 5.41) is 14.1. The molecule has 1 aromatic heterocycles. The van der Waals surface area contributed by atoms with Crippen LogP contribution in [0, 0.1) is 5.41 Å². The van der Waals surface area contributed by atoms with Crippen LogP contribution >= 0.6 is 11.3 Å². The molecule has 4 nitrogen and oxygen atoms in total. The highest BCUT2D eigenvalue weighted by atomic mass is 32.1. The number of benzene rings is 1. The van der Waals surface area contributed by atoms with E-state index in [1.165, 1.54) is 0 Å². The molecule has 0 aliphatic rings. The number of ether oxygens (including phenoxy) is 1. The van der Waals surface area contributed by atoms with Gasteiger partial charge in [0.25, 0.3) is 5.91 Å². The molecule has 2 aromatic rings. The maximum atomic E-state index is 12.2. The Morgan fingerprint density at radius 2 is 1.96 bits per heavy atom. The molecule has 0 saturated heterocycles. The van der Waals surface area contributed by atoms with Crippen LogP contribution in [0.2, 0.25) is 0 Å². The highest BCUT2D eigenvalue weighted by Crippen LogP contribution is 2.35. The lowest BCUT2D eigenvalue weighted by atomic mass is 9.86. The lowest BCUT2D eigenvalue weighted by molar-refractivity contribution is -0.124. The SMILES string of the molecule is CC(C)(C)C(NC(=O)COc1ccc(CO)cc1)c1cccs1. The van der Waals surface area contributed by atoms with Crippen molar-refractivity contribution in [3.05, 3.63) is 52.2 Å². The molecule has 0 aliphatic carbocycles. The first-order chi connectivity index (χ1) is 10.9. The number of carbonyl (C=O) groups is 1. The number of carbonyl (C=O) groups excluding carboxylic acids is 1. The summed E-state index contributed by atoms with van der Waals surface area (Å²) < 4.78 is 5.51. The van der Waals surface area contributed by atoms with Crippen LogP contribution in [0.25, 0.3) is 0 Å². The van der Waals surface area contributed by atoms with Gasteiger partial charge < -0.3 is 15.2 Å². The van der Waals surface area contributed by atoms with Gasteiger partial charge in [-0.25, -0.2) is 0 Å². The summed E-state index contributed by atoms with van der Waals surface area (Å²) in [4.78, 5) is 13.4. The van der Waals surface area contributed by atoms with Gasteiger partial charge in [-0.3, -0.25) is 4.79 Å². The molecule has 2 rings (SSSR count). The number of hydrogen-bond donors (Lipinski definition) is 2. The maximum Gasteiger partial charge on any atom is 0.258 e. The molecule has 23 heavy (non-hydrogen) atoms. The number of amides is 1. The van der Waals surface area contributed by atoms with Crippen molar-refractivity contribution in [3.8, 4) is 5.75 Å². The van der Waals surface area contributed by atoms with Gasteiger partial charge in [0, 0.05) is 4.88 Å². The number of nitrogens with one attached hydrogen (secondary N) is 1. The molecule has 1 unspecified atom stereocenters. The summed E-state index contributed by atoms with van der Waals surface area (Å²) in [5.74, 6) is 0.463. The third kappa shape index (κ3) is 5.08. The number of aliphatic hydroxyl groups excluding tert-OH is 1. The number of hydrogen-bond acceptors (Lipinski definition) is 4. The van der Waals surface area contributed by atoms with E-state index in [9.17, 15) is 4.79 Å². The molecule has 0 spiro atoms. The molecule has 0 saturated carbocycles. The molecule has 0 radical (unpaired) electrons. The topological polar surface area (TPSA) is 58.6 Å². The van der Waals surface area contributed by atoms with E-state index in [-0.39, 0.29) is 30.6 Å². The normalized spacial score (nSPS) is 12.7. The molecule has 0 bridgehead atoms. The van der Waals surface area contributed by atoms with Gasteiger partial charge in [-0.15, -0.1) is 11.3 Å². The summed E-state index contributed by atoms with van der Waals surface area (Å²) in [6.07, 6.45) is 0. The molecule has 0 aliphatic heterocycles. The Labute approximate surface area is 141 Å². The molecule has 1 aromatic carbocycles. The Morgan fingerprint density at radius 3 is 2.48 bits per heavy atom. The zero-order valence-corrected chi connectivity index (χ0v) is 14.5. The van der Waals surface area contributed by atoms with Crippen LogP contribution in [0.1, 0.15) is 37.3 Å². The van der Waals surface area contributed by atoms with Gasteiger partial charge >= 0.3 is 0 Å². The molecule has 1 amide bonds. The Bertz CT molecular complexity index is 615. The molecule has 124 valence electrons. The van der Waals surface area contributed by atoms with Crippen molar-refractivity contribution in [2.75, 3.05) is 6.61 Å². The Hall–Kier alpha value is -1.85.